The number of hydrogen-bond donors (Lipinski definition) is 0. The van der Waals surface area contributed by atoms with Gasteiger partial charge in [0.1, 0.15) is 0 Å². The Hall–Kier alpha value is -2.54. The van der Waals surface area contributed by atoms with Gasteiger partial charge in [-0.2, -0.15) is 5.10 Å². The fourth-order valence-electron chi connectivity index (χ4n) is 3.33. The molecule has 0 N–H and O–H groups in total. The number of benzene rings is 1. The first kappa shape index (κ1) is 21.2. The van der Waals surface area contributed by atoms with Crippen molar-refractivity contribution < 1.29 is 4.79 Å². The molecule has 6 nitrogen and oxygen atoms in total. The fourth-order valence-corrected chi connectivity index (χ4v) is 4.17. The number of amides is 1. The second-order valence-electron chi connectivity index (χ2n) is 7.31. The van der Waals surface area contributed by atoms with Crippen LogP contribution in [0.4, 0.5) is 5.82 Å². The zero-order valence-corrected chi connectivity index (χ0v) is 18.3. The second kappa shape index (κ2) is 10.3. The van der Waals surface area contributed by atoms with E-state index in [9.17, 15) is 4.79 Å². The highest BCUT2D eigenvalue weighted by molar-refractivity contribution is 7.16. The number of likely N-dealkylation sites (tertiary alicyclic amines) is 1. The van der Waals surface area contributed by atoms with Gasteiger partial charge in [0.25, 0.3) is 0 Å². The Morgan fingerprint density at radius 3 is 2.76 bits per heavy atom. The maximum Gasteiger partial charge on any atom is 0.222 e. The first-order valence-electron chi connectivity index (χ1n) is 10.2. The van der Waals surface area contributed by atoms with E-state index in [1.165, 1.54) is 23.1 Å². The molecule has 0 radical (unpaired) electrons. The lowest BCUT2D eigenvalue weighted by atomic mass is 10.1. The molecule has 4 rings (SSSR count). The van der Waals surface area contributed by atoms with Crippen LogP contribution in [0.25, 0.3) is 10.2 Å². The summed E-state index contributed by atoms with van der Waals surface area (Å²) in [6.45, 7) is 6.58. The number of nitrogens with zero attached hydrogens (tertiary/aromatic N) is 5. The molecule has 0 bridgehead atoms. The minimum Gasteiger partial charge on any atom is -0.356 e. The van der Waals surface area contributed by atoms with E-state index >= 15 is 0 Å². The van der Waals surface area contributed by atoms with Gasteiger partial charge in [-0.1, -0.05) is 25.5 Å². The summed E-state index contributed by atoms with van der Waals surface area (Å²) in [5.41, 5.74) is 5.42. The summed E-state index contributed by atoms with van der Waals surface area (Å²) in [5.74, 6) is 1.12. The number of hydrogen-bond acceptors (Lipinski definition) is 6. The maximum absolute atomic E-state index is 11.4. The van der Waals surface area contributed by atoms with Crippen LogP contribution in [0.3, 0.4) is 0 Å². The molecule has 0 atom stereocenters. The first-order chi connectivity index (χ1) is 14.1. The number of aromatic nitrogens is 3. The highest BCUT2D eigenvalue weighted by Crippen LogP contribution is 2.22. The number of aryl methyl sites for hydroxylation is 2. The summed E-state index contributed by atoms with van der Waals surface area (Å²) in [6, 6.07) is 10.3. The molecule has 3 aromatic rings. The highest BCUT2D eigenvalue weighted by atomic mass is 32.1. The van der Waals surface area contributed by atoms with E-state index in [0.717, 1.165) is 43.1 Å². The van der Waals surface area contributed by atoms with Crippen LogP contribution in [0, 0.1) is 6.92 Å². The lowest BCUT2D eigenvalue weighted by molar-refractivity contribution is -0.127. The number of likely N-dealkylation sites (N-methyl/N-ethyl adjacent to an activating group) is 1. The van der Waals surface area contributed by atoms with Crippen LogP contribution in [-0.2, 0) is 11.2 Å². The predicted octanol–water partition coefficient (Wildman–Crippen LogP) is 4.09. The van der Waals surface area contributed by atoms with Crippen molar-refractivity contribution >= 4 is 33.3 Å². The van der Waals surface area contributed by atoms with E-state index in [-0.39, 0.29) is 5.91 Å². The van der Waals surface area contributed by atoms with Crippen molar-refractivity contribution in [3.63, 3.8) is 0 Å². The molecule has 1 amide bonds. The number of rotatable bonds is 6. The summed E-state index contributed by atoms with van der Waals surface area (Å²) in [4.78, 5) is 19.7. The summed E-state index contributed by atoms with van der Waals surface area (Å²) < 4.78 is 1.36. The molecule has 1 aliphatic heterocycles. The molecule has 154 valence electrons. The minimum absolute atomic E-state index is 0.272. The largest absolute Gasteiger partial charge is 0.356 e. The normalized spacial score (nSPS) is 13.5. The lowest BCUT2D eigenvalue weighted by Gasteiger charge is -2.22. The Labute approximate surface area is 176 Å². The number of carbonyl (C=O) groups excluding carboxylic acids is 1. The van der Waals surface area contributed by atoms with Crippen LogP contribution < -0.4 is 4.90 Å². The Balaban J connectivity index is 0.000000176. The molecule has 1 aliphatic rings. The molecule has 1 saturated heterocycles. The van der Waals surface area contributed by atoms with Crippen molar-refractivity contribution in [2.75, 3.05) is 31.6 Å². The zero-order valence-electron chi connectivity index (χ0n) is 17.5. The molecule has 7 heteroatoms. The fraction of sp³-hybridized carbons (Fsp3) is 0.455. The van der Waals surface area contributed by atoms with Gasteiger partial charge in [-0.3, -0.25) is 4.79 Å². The molecule has 0 saturated carbocycles. The summed E-state index contributed by atoms with van der Waals surface area (Å²) in [7, 11) is 1.97. The third-order valence-electron chi connectivity index (χ3n) is 5.01. The summed E-state index contributed by atoms with van der Waals surface area (Å²) in [5, 5.41) is 8.14. The average Bonchev–Trinajstić information content (AvgIpc) is 3.37. The standard InChI is InChI=1S/C12H18N4O.C10H11NS/c1-10-5-6-11(14-13-10)15(2)8-9-16-7-3-4-12(16)17;1-2-4-8-5-3-6-9-10(8)12-7-11-9/h5-6H,3-4,7-9H2,1-2H3;3,5-7H,2,4H2,1H3. The van der Waals surface area contributed by atoms with Gasteiger partial charge in [0.05, 0.1) is 21.4 Å². The van der Waals surface area contributed by atoms with Crippen molar-refractivity contribution in [1.82, 2.24) is 20.1 Å². The van der Waals surface area contributed by atoms with Gasteiger partial charge in [-0.25, -0.2) is 4.98 Å². The van der Waals surface area contributed by atoms with Crippen molar-refractivity contribution in [3.05, 3.63) is 47.1 Å². The van der Waals surface area contributed by atoms with Gasteiger partial charge < -0.3 is 9.80 Å². The van der Waals surface area contributed by atoms with Crippen molar-refractivity contribution in [2.45, 2.75) is 39.5 Å². The molecule has 1 aromatic carbocycles. The van der Waals surface area contributed by atoms with Gasteiger partial charge in [0.2, 0.25) is 5.91 Å². The van der Waals surface area contributed by atoms with E-state index in [2.05, 4.69) is 40.3 Å². The number of fused-ring (bicyclic) bond motifs is 1. The molecule has 0 spiro atoms. The number of carbonyl (C=O) groups is 1. The molecule has 29 heavy (non-hydrogen) atoms. The smallest absolute Gasteiger partial charge is 0.222 e. The van der Waals surface area contributed by atoms with Crippen molar-refractivity contribution in [3.8, 4) is 0 Å². The second-order valence-corrected chi connectivity index (χ2v) is 8.16. The van der Waals surface area contributed by atoms with Gasteiger partial charge in [-0.05, 0) is 43.5 Å². The molecular formula is C22H29N5OS. The topological polar surface area (TPSA) is 62.2 Å². The highest BCUT2D eigenvalue weighted by Gasteiger charge is 2.19. The van der Waals surface area contributed by atoms with Gasteiger partial charge in [-0.15, -0.1) is 16.4 Å². The van der Waals surface area contributed by atoms with Gasteiger partial charge in [0.15, 0.2) is 5.82 Å². The third kappa shape index (κ3) is 5.73. The Morgan fingerprint density at radius 2 is 2.07 bits per heavy atom. The van der Waals surface area contributed by atoms with Gasteiger partial charge in [0, 0.05) is 33.1 Å². The van der Waals surface area contributed by atoms with Crippen LogP contribution in [0.2, 0.25) is 0 Å². The van der Waals surface area contributed by atoms with E-state index in [0.29, 0.717) is 6.42 Å². The van der Waals surface area contributed by atoms with Crippen LogP contribution in [0.15, 0.2) is 35.8 Å². The van der Waals surface area contributed by atoms with Crippen molar-refractivity contribution in [1.29, 1.82) is 0 Å². The molecule has 3 heterocycles. The van der Waals surface area contributed by atoms with Gasteiger partial charge >= 0.3 is 0 Å². The Kier molecular flexibility index (Phi) is 7.52. The number of thiazole rings is 1. The Bertz CT molecular complexity index is 924. The van der Waals surface area contributed by atoms with E-state index in [1.807, 2.05) is 41.4 Å². The third-order valence-corrected chi connectivity index (χ3v) is 5.93. The van der Waals surface area contributed by atoms with E-state index in [4.69, 9.17) is 0 Å². The van der Waals surface area contributed by atoms with Crippen LogP contribution >= 0.6 is 11.3 Å². The average molecular weight is 412 g/mol. The summed E-state index contributed by atoms with van der Waals surface area (Å²) >= 11 is 1.74. The molecule has 0 aliphatic carbocycles. The molecule has 0 unspecified atom stereocenters. The Morgan fingerprint density at radius 1 is 1.21 bits per heavy atom. The van der Waals surface area contributed by atoms with Crippen molar-refractivity contribution in [2.24, 2.45) is 0 Å². The molecule has 1 fully saturated rings. The molecular weight excluding hydrogens is 382 g/mol. The number of anilines is 1. The SMILES string of the molecule is CCCc1cccc2ncsc12.Cc1ccc(N(C)CCN2CCCC2=O)nn1. The minimum atomic E-state index is 0.272. The molecule has 2 aromatic heterocycles. The van der Waals surface area contributed by atoms with E-state index in [1.54, 1.807) is 11.3 Å². The quantitative estimate of drug-likeness (QED) is 0.611. The first-order valence-corrected chi connectivity index (χ1v) is 11.1. The maximum atomic E-state index is 11.4. The zero-order chi connectivity index (χ0) is 20.6. The van der Waals surface area contributed by atoms with Crippen LogP contribution in [-0.4, -0.2) is 52.7 Å². The predicted molar refractivity (Wildman–Crippen MR) is 119 cm³/mol. The lowest BCUT2D eigenvalue weighted by Crippen LogP contribution is -2.34. The van der Waals surface area contributed by atoms with Crippen LogP contribution in [0.1, 0.15) is 37.4 Å². The van der Waals surface area contributed by atoms with E-state index < -0.39 is 0 Å². The monoisotopic (exact) mass is 411 g/mol. The summed E-state index contributed by atoms with van der Waals surface area (Å²) in [6.07, 6.45) is 4.07. The van der Waals surface area contributed by atoms with Crippen LogP contribution in [0.5, 0.6) is 0 Å².